The van der Waals surface area contributed by atoms with E-state index in [0.717, 1.165) is 10.5 Å². The third-order valence-electron chi connectivity index (χ3n) is 3.37. The Morgan fingerprint density at radius 3 is 2.29 bits per heavy atom. The molecule has 0 bridgehead atoms. The van der Waals surface area contributed by atoms with Crippen molar-refractivity contribution in [1.29, 1.82) is 0 Å². The van der Waals surface area contributed by atoms with E-state index in [4.69, 9.17) is 9.47 Å². The van der Waals surface area contributed by atoms with Gasteiger partial charge in [0, 0.05) is 30.6 Å². The van der Waals surface area contributed by atoms with E-state index < -0.39 is 0 Å². The van der Waals surface area contributed by atoms with Crippen molar-refractivity contribution in [3.63, 3.8) is 0 Å². The predicted molar refractivity (Wildman–Crippen MR) is 97.5 cm³/mol. The summed E-state index contributed by atoms with van der Waals surface area (Å²) < 4.78 is 10.5. The number of amides is 1. The van der Waals surface area contributed by atoms with Crippen LogP contribution in [0.25, 0.3) is 0 Å². The lowest BCUT2D eigenvalue weighted by molar-refractivity contribution is -0.125. The highest BCUT2D eigenvalue weighted by molar-refractivity contribution is 8.02. The van der Waals surface area contributed by atoms with E-state index in [-0.39, 0.29) is 5.91 Å². The summed E-state index contributed by atoms with van der Waals surface area (Å²) in [6, 6.07) is 15.5. The topological polar surface area (TPSA) is 38.8 Å². The summed E-state index contributed by atoms with van der Waals surface area (Å²) in [6.45, 7) is 0.479. The molecular weight excluding hydrogens is 322 g/mol. The van der Waals surface area contributed by atoms with Crippen molar-refractivity contribution in [3.05, 3.63) is 65.6 Å². The van der Waals surface area contributed by atoms with E-state index in [1.807, 2.05) is 48.5 Å². The molecule has 0 atom stereocenters. The molecule has 0 radical (unpaired) electrons. The van der Waals surface area contributed by atoms with Crippen LogP contribution in [0.1, 0.15) is 5.56 Å². The average Bonchev–Trinajstić information content (AvgIpc) is 2.62. The molecule has 126 valence electrons. The van der Waals surface area contributed by atoms with Crippen molar-refractivity contribution in [2.24, 2.45) is 0 Å². The molecule has 0 aromatic heterocycles. The van der Waals surface area contributed by atoms with E-state index in [9.17, 15) is 4.79 Å². The number of hydrogen-bond donors (Lipinski definition) is 0. The van der Waals surface area contributed by atoms with Crippen molar-refractivity contribution in [3.8, 4) is 11.5 Å². The third kappa shape index (κ3) is 5.35. The van der Waals surface area contributed by atoms with Crippen molar-refractivity contribution in [2.45, 2.75) is 11.4 Å². The van der Waals surface area contributed by atoms with Gasteiger partial charge in [-0.15, -0.1) is 0 Å². The van der Waals surface area contributed by atoms with Crippen molar-refractivity contribution < 1.29 is 14.3 Å². The van der Waals surface area contributed by atoms with Crippen molar-refractivity contribution in [2.75, 3.05) is 21.3 Å². The minimum absolute atomic E-state index is 0.0554. The zero-order valence-electron chi connectivity index (χ0n) is 14.1. The lowest BCUT2D eigenvalue weighted by atomic mass is 10.2. The SMILES string of the molecule is COc1cc(CN(C)C(=O)/C=C/Sc2ccccc2)cc(OC)c1. The number of benzene rings is 2. The first-order valence-electron chi connectivity index (χ1n) is 7.47. The second-order valence-corrected chi connectivity index (χ2v) is 6.13. The zero-order valence-corrected chi connectivity index (χ0v) is 14.9. The van der Waals surface area contributed by atoms with Crippen molar-refractivity contribution >= 4 is 17.7 Å². The first-order valence-corrected chi connectivity index (χ1v) is 8.35. The first kappa shape index (κ1) is 17.9. The molecule has 0 fully saturated rings. The van der Waals surface area contributed by atoms with Crippen LogP contribution in [0.3, 0.4) is 0 Å². The summed E-state index contributed by atoms with van der Waals surface area (Å²) in [4.78, 5) is 15.0. The largest absolute Gasteiger partial charge is 0.497 e. The number of hydrogen-bond acceptors (Lipinski definition) is 4. The number of carbonyl (C=O) groups is 1. The molecule has 2 aromatic rings. The van der Waals surface area contributed by atoms with Gasteiger partial charge < -0.3 is 14.4 Å². The van der Waals surface area contributed by atoms with Crippen LogP contribution in [0.15, 0.2) is 64.9 Å². The Balaban J connectivity index is 1.96. The highest BCUT2D eigenvalue weighted by atomic mass is 32.2. The molecule has 4 nitrogen and oxygen atoms in total. The van der Waals surface area contributed by atoms with Gasteiger partial charge in [-0.3, -0.25) is 4.79 Å². The number of likely N-dealkylation sites (N-methyl/N-ethyl adjacent to an activating group) is 1. The number of carbonyl (C=O) groups excluding carboxylic acids is 1. The molecule has 1 amide bonds. The zero-order chi connectivity index (χ0) is 17.4. The molecule has 2 rings (SSSR count). The van der Waals surface area contributed by atoms with Crippen LogP contribution in [-0.2, 0) is 11.3 Å². The van der Waals surface area contributed by atoms with Crippen LogP contribution in [0.5, 0.6) is 11.5 Å². The van der Waals surface area contributed by atoms with Crippen LogP contribution in [0, 0.1) is 0 Å². The molecule has 5 heteroatoms. The maximum atomic E-state index is 12.2. The molecular formula is C19H21NO3S. The quantitative estimate of drug-likeness (QED) is 0.563. The van der Waals surface area contributed by atoms with Gasteiger partial charge in [0.1, 0.15) is 11.5 Å². The number of methoxy groups -OCH3 is 2. The van der Waals surface area contributed by atoms with Crippen LogP contribution in [0.4, 0.5) is 0 Å². The van der Waals surface area contributed by atoms with E-state index >= 15 is 0 Å². The molecule has 0 aliphatic rings. The van der Waals surface area contributed by atoms with Gasteiger partial charge in [0.15, 0.2) is 0 Å². The average molecular weight is 343 g/mol. The summed E-state index contributed by atoms with van der Waals surface area (Å²) in [5.41, 5.74) is 0.950. The standard InChI is InChI=1S/C19H21NO3S/c1-20(14-15-11-16(22-2)13-17(12-15)23-3)19(21)9-10-24-18-7-5-4-6-8-18/h4-13H,14H2,1-3H3/b10-9+. The number of thioether (sulfide) groups is 1. The fraction of sp³-hybridized carbons (Fsp3) is 0.211. The summed E-state index contributed by atoms with van der Waals surface area (Å²) in [6.07, 6.45) is 1.58. The van der Waals surface area contributed by atoms with Crippen LogP contribution >= 0.6 is 11.8 Å². The van der Waals surface area contributed by atoms with Gasteiger partial charge in [0.05, 0.1) is 14.2 Å². The van der Waals surface area contributed by atoms with Crippen molar-refractivity contribution in [1.82, 2.24) is 4.90 Å². The molecule has 0 aliphatic carbocycles. The van der Waals surface area contributed by atoms with Crippen LogP contribution in [-0.4, -0.2) is 32.1 Å². The molecule has 0 aliphatic heterocycles. The summed E-state index contributed by atoms with van der Waals surface area (Å²) in [5, 5.41) is 1.81. The minimum atomic E-state index is -0.0554. The molecule has 0 saturated carbocycles. The highest BCUT2D eigenvalue weighted by Gasteiger charge is 2.08. The Morgan fingerprint density at radius 1 is 1.08 bits per heavy atom. The van der Waals surface area contributed by atoms with Gasteiger partial charge in [-0.25, -0.2) is 0 Å². The Hall–Kier alpha value is -2.40. The Bertz CT molecular complexity index is 679. The van der Waals surface area contributed by atoms with E-state index in [2.05, 4.69) is 0 Å². The summed E-state index contributed by atoms with van der Waals surface area (Å²) >= 11 is 1.52. The molecule has 0 saturated heterocycles. The summed E-state index contributed by atoms with van der Waals surface area (Å²) in [5.74, 6) is 1.36. The Labute approximate surface area is 147 Å². The number of nitrogens with zero attached hydrogens (tertiary/aromatic N) is 1. The Kier molecular flexibility index (Phi) is 6.75. The number of ether oxygens (including phenoxy) is 2. The smallest absolute Gasteiger partial charge is 0.247 e. The fourth-order valence-electron chi connectivity index (χ4n) is 2.11. The molecule has 0 spiro atoms. The van der Waals surface area contributed by atoms with Gasteiger partial charge in [0.25, 0.3) is 0 Å². The molecule has 0 heterocycles. The second-order valence-electron chi connectivity index (χ2n) is 5.15. The van der Waals surface area contributed by atoms with Gasteiger partial charge in [0.2, 0.25) is 5.91 Å². The second kappa shape index (κ2) is 9.03. The molecule has 0 unspecified atom stereocenters. The predicted octanol–water partition coefficient (Wildman–Crippen LogP) is 3.97. The molecule has 0 N–H and O–H groups in total. The van der Waals surface area contributed by atoms with Crippen LogP contribution in [0.2, 0.25) is 0 Å². The summed E-state index contributed by atoms with van der Waals surface area (Å²) in [7, 11) is 4.99. The van der Waals surface area contributed by atoms with E-state index in [1.54, 1.807) is 37.7 Å². The maximum absolute atomic E-state index is 12.2. The van der Waals surface area contributed by atoms with Gasteiger partial charge in [-0.2, -0.15) is 0 Å². The molecule has 24 heavy (non-hydrogen) atoms. The highest BCUT2D eigenvalue weighted by Crippen LogP contribution is 2.23. The lowest BCUT2D eigenvalue weighted by Gasteiger charge is -2.16. The first-order chi connectivity index (χ1) is 11.6. The number of rotatable bonds is 7. The van der Waals surface area contributed by atoms with E-state index in [0.29, 0.717) is 18.0 Å². The maximum Gasteiger partial charge on any atom is 0.247 e. The molecule has 2 aromatic carbocycles. The lowest BCUT2D eigenvalue weighted by Crippen LogP contribution is -2.24. The monoisotopic (exact) mass is 343 g/mol. The van der Waals surface area contributed by atoms with Gasteiger partial charge >= 0.3 is 0 Å². The third-order valence-corrected chi connectivity index (χ3v) is 4.18. The van der Waals surface area contributed by atoms with Gasteiger partial charge in [-0.05, 0) is 35.2 Å². The van der Waals surface area contributed by atoms with Gasteiger partial charge in [-0.1, -0.05) is 30.0 Å². The Morgan fingerprint density at radius 2 is 1.71 bits per heavy atom. The minimum Gasteiger partial charge on any atom is -0.497 e. The normalized spacial score (nSPS) is 10.6. The van der Waals surface area contributed by atoms with E-state index in [1.165, 1.54) is 11.8 Å². The van der Waals surface area contributed by atoms with Crippen LogP contribution < -0.4 is 9.47 Å². The fourth-order valence-corrected chi connectivity index (χ4v) is 2.76.